The van der Waals surface area contributed by atoms with Crippen molar-refractivity contribution in [2.45, 2.75) is 50.9 Å². The molecule has 4 rings (SSSR count). The van der Waals surface area contributed by atoms with Gasteiger partial charge in [-0.1, -0.05) is 43.5 Å². The Hall–Kier alpha value is -2.68. The van der Waals surface area contributed by atoms with Gasteiger partial charge < -0.3 is 4.74 Å². The van der Waals surface area contributed by atoms with Crippen LogP contribution in [0.1, 0.15) is 54.7 Å². The van der Waals surface area contributed by atoms with E-state index in [0.717, 1.165) is 24.0 Å². The van der Waals surface area contributed by atoms with Crippen molar-refractivity contribution in [3.05, 3.63) is 89.5 Å². The van der Waals surface area contributed by atoms with Gasteiger partial charge in [-0.3, -0.25) is 4.98 Å². The lowest BCUT2D eigenvalue weighted by Gasteiger charge is -2.22. The first kappa shape index (κ1) is 18.7. The molecule has 0 N–H and O–H groups in total. The smallest absolute Gasteiger partial charge is 0.165 e. The molecule has 1 saturated carbocycles. The molecule has 1 aliphatic carbocycles. The molecule has 0 radical (unpaired) electrons. The van der Waals surface area contributed by atoms with E-state index in [2.05, 4.69) is 17.1 Å². The highest BCUT2D eigenvalue weighted by atomic mass is 19.1. The van der Waals surface area contributed by atoms with Gasteiger partial charge in [0, 0.05) is 12.4 Å². The zero-order valence-corrected chi connectivity index (χ0v) is 16.1. The van der Waals surface area contributed by atoms with E-state index in [-0.39, 0.29) is 11.6 Å². The fourth-order valence-electron chi connectivity index (χ4n) is 3.99. The number of ether oxygens (including phenoxy) is 1. The average molecular weight is 375 g/mol. The molecule has 2 aromatic carbocycles. The second kappa shape index (κ2) is 9.01. The van der Waals surface area contributed by atoms with Crippen LogP contribution in [0.15, 0.2) is 67.0 Å². The van der Waals surface area contributed by atoms with Gasteiger partial charge in [-0.2, -0.15) is 0 Å². The maximum Gasteiger partial charge on any atom is 0.165 e. The van der Waals surface area contributed by atoms with Crippen molar-refractivity contribution in [1.82, 2.24) is 4.98 Å². The summed E-state index contributed by atoms with van der Waals surface area (Å²) in [5.74, 6) is 1.30. The third-order valence-corrected chi connectivity index (χ3v) is 5.61. The van der Waals surface area contributed by atoms with E-state index >= 15 is 0 Å². The topological polar surface area (TPSA) is 22.1 Å². The first-order valence-corrected chi connectivity index (χ1v) is 10.2. The monoisotopic (exact) mass is 375 g/mol. The molecule has 28 heavy (non-hydrogen) atoms. The Kier molecular flexibility index (Phi) is 6.01. The summed E-state index contributed by atoms with van der Waals surface area (Å²) in [7, 11) is 0. The Morgan fingerprint density at radius 2 is 1.68 bits per heavy atom. The van der Waals surface area contributed by atoms with E-state index < -0.39 is 0 Å². The van der Waals surface area contributed by atoms with Crippen LogP contribution in [0, 0.1) is 5.82 Å². The molecule has 0 saturated heterocycles. The Bertz CT molecular complexity index is 886. The number of halogens is 1. The van der Waals surface area contributed by atoms with E-state index in [1.165, 1.54) is 37.7 Å². The predicted octanol–water partition coefficient (Wildman–Crippen LogP) is 6.85. The summed E-state index contributed by atoms with van der Waals surface area (Å²) in [6.07, 6.45) is 11.8. The lowest BCUT2D eigenvalue weighted by atomic mass is 9.84. The van der Waals surface area contributed by atoms with Crippen molar-refractivity contribution in [2.24, 2.45) is 0 Å². The van der Waals surface area contributed by atoms with Crippen LogP contribution in [0.25, 0.3) is 0 Å². The molecule has 0 spiro atoms. The van der Waals surface area contributed by atoms with E-state index in [0.29, 0.717) is 11.7 Å². The van der Waals surface area contributed by atoms with Gasteiger partial charge in [0.15, 0.2) is 11.6 Å². The summed E-state index contributed by atoms with van der Waals surface area (Å²) in [5.41, 5.74) is 3.49. The number of nitrogens with zero attached hydrogens (tertiary/aromatic N) is 1. The quantitative estimate of drug-likeness (QED) is 0.470. The van der Waals surface area contributed by atoms with Crippen LogP contribution in [0.4, 0.5) is 4.39 Å². The van der Waals surface area contributed by atoms with Crippen molar-refractivity contribution in [3.63, 3.8) is 0 Å². The zero-order chi connectivity index (χ0) is 19.2. The highest BCUT2D eigenvalue weighted by molar-refractivity contribution is 5.36. The number of aryl methyl sites for hydroxylation is 2. The first-order valence-electron chi connectivity index (χ1n) is 10.2. The SMILES string of the molecule is Fc1cc(CCc2cccnc2)ccc1Oc1ccc(C2CCCCC2)cc1. The Labute approximate surface area is 166 Å². The number of benzene rings is 2. The number of aromatic nitrogens is 1. The van der Waals surface area contributed by atoms with Crippen LogP contribution in [0.2, 0.25) is 0 Å². The average Bonchev–Trinajstić information content (AvgIpc) is 2.76. The molecule has 144 valence electrons. The molecule has 0 unspecified atom stereocenters. The molecule has 0 amide bonds. The summed E-state index contributed by atoms with van der Waals surface area (Å²) in [6.45, 7) is 0. The van der Waals surface area contributed by atoms with Crippen molar-refractivity contribution in [3.8, 4) is 11.5 Å². The fourth-order valence-corrected chi connectivity index (χ4v) is 3.99. The van der Waals surface area contributed by atoms with Crippen LogP contribution in [-0.4, -0.2) is 4.98 Å². The predicted molar refractivity (Wildman–Crippen MR) is 110 cm³/mol. The summed E-state index contributed by atoms with van der Waals surface area (Å²) < 4.78 is 20.3. The van der Waals surface area contributed by atoms with Gasteiger partial charge in [0.1, 0.15) is 5.75 Å². The Morgan fingerprint density at radius 1 is 0.893 bits per heavy atom. The molecule has 0 bridgehead atoms. The van der Waals surface area contributed by atoms with Crippen molar-refractivity contribution < 1.29 is 9.13 Å². The third kappa shape index (κ3) is 4.78. The largest absolute Gasteiger partial charge is 0.454 e. The normalized spacial score (nSPS) is 14.8. The second-order valence-corrected chi connectivity index (χ2v) is 7.63. The zero-order valence-electron chi connectivity index (χ0n) is 16.1. The fraction of sp³-hybridized carbons (Fsp3) is 0.320. The van der Waals surface area contributed by atoms with Crippen LogP contribution >= 0.6 is 0 Å². The minimum Gasteiger partial charge on any atom is -0.454 e. The van der Waals surface area contributed by atoms with Gasteiger partial charge >= 0.3 is 0 Å². The summed E-state index contributed by atoms with van der Waals surface area (Å²) >= 11 is 0. The lowest BCUT2D eigenvalue weighted by molar-refractivity contribution is 0.436. The van der Waals surface area contributed by atoms with E-state index in [1.807, 2.05) is 36.5 Å². The number of pyridine rings is 1. The second-order valence-electron chi connectivity index (χ2n) is 7.63. The van der Waals surface area contributed by atoms with E-state index in [4.69, 9.17) is 4.74 Å². The molecule has 1 fully saturated rings. The van der Waals surface area contributed by atoms with Gasteiger partial charge in [0.2, 0.25) is 0 Å². The van der Waals surface area contributed by atoms with Crippen molar-refractivity contribution in [2.75, 3.05) is 0 Å². The van der Waals surface area contributed by atoms with Crippen LogP contribution in [0.5, 0.6) is 11.5 Å². The molecule has 1 aromatic heterocycles. The molecule has 0 aliphatic heterocycles. The maximum absolute atomic E-state index is 14.5. The van der Waals surface area contributed by atoms with Crippen LogP contribution < -0.4 is 4.74 Å². The number of hydrogen-bond donors (Lipinski definition) is 0. The minimum absolute atomic E-state index is 0.274. The standard InChI is InChI=1S/C25H26FNO/c26-24-17-19(8-9-20-5-4-16-27-18-20)10-15-25(24)28-23-13-11-22(12-14-23)21-6-2-1-3-7-21/h4-5,10-18,21H,1-3,6-9H2. The summed E-state index contributed by atoms with van der Waals surface area (Å²) in [5, 5.41) is 0. The lowest BCUT2D eigenvalue weighted by Crippen LogP contribution is -2.04. The summed E-state index contributed by atoms with van der Waals surface area (Å²) in [6, 6.07) is 17.4. The molecular formula is C25H26FNO. The van der Waals surface area contributed by atoms with Crippen LogP contribution in [-0.2, 0) is 12.8 Å². The van der Waals surface area contributed by atoms with Gasteiger partial charge in [0.05, 0.1) is 0 Å². The molecule has 3 aromatic rings. The third-order valence-electron chi connectivity index (χ3n) is 5.61. The maximum atomic E-state index is 14.5. The molecule has 1 heterocycles. The molecule has 3 heteroatoms. The molecule has 1 aliphatic rings. The van der Waals surface area contributed by atoms with Crippen molar-refractivity contribution in [1.29, 1.82) is 0 Å². The Balaban J connectivity index is 1.37. The van der Waals surface area contributed by atoms with E-state index in [9.17, 15) is 4.39 Å². The van der Waals surface area contributed by atoms with Crippen LogP contribution in [0.3, 0.4) is 0 Å². The van der Waals surface area contributed by atoms with Gasteiger partial charge in [-0.25, -0.2) is 4.39 Å². The molecular weight excluding hydrogens is 349 g/mol. The highest BCUT2D eigenvalue weighted by Crippen LogP contribution is 2.34. The number of hydrogen-bond acceptors (Lipinski definition) is 2. The first-order chi connectivity index (χ1) is 13.8. The Morgan fingerprint density at radius 3 is 2.39 bits per heavy atom. The highest BCUT2D eigenvalue weighted by Gasteiger charge is 2.15. The van der Waals surface area contributed by atoms with Gasteiger partial charge in [0.25, 0.3) is 0 Å². The number of rotatable bonds is 6. The van der Waals surface area contributed by atoms with Crippen molar-refractivity contribution >= 4 is 0 Å². The summed E-state index contributed by atoms with van der Waals surface area (Å²) in [4.78, 5) is 4.12. The molecule has 0 atom stereocenters. The van der Waals surface area contributed by atoms with Gasteiger partial charge in [-0.05, 0) is 78.6 Å². The van der Waals surface area contributed by atoms with E-state index in [1.54, 1.807) is 18.3 Å². The minimum atomic E-state index is -0.319. The molecule has 2 nitrogen and oxygen atoms in total. The van der Waals surface area contributed by atoms with Gasteiger partial charge in [-0.15, -0.1) is 0 Å².